The first kappa shape index (κ1) is 16.1. The van der Waals surface area contributed by atoms with Gasteiger partial charge >= 0.3 is 0 Å². The van der Waals surface area contributed by atoms with E-state index in [2.05, 4.69) is 9.88 Å². The van der Waals surface area contributed by atoms with Crippen molar-refractivity contribution < 1.29 is 18.4 Å². The lowest BCUT2D eigenvalue weighted by molar-refractivity contribution is 0.216. The Kier molecular flexibility index (Phi) is 6.43. The summed E-state index contributed by atoms with van der Waals surface area (Å²) >= 11 is 0. The maximum atomic E-state index is 11.8. The molecule has 0 aromatic carbocycles. The zero-order chi connectivity index (χ0) is 13.5. The van der Waals surface area contributed by atoms with Gasteiger partial charge in [-0.25, -0.2) is 13.1 Å². The Morgan fingerprint density at radius 2 is 2.00 bits per heavy atom. The topological polar surface area (TPSA) is 114 Å². The van der Waals surface area contributed by atoms with E-state index in [-0.39, 0.29) is 18.2 Å². The summed E-state index contributed by atoms with van der Waals surface area (Å²) in [6.45, 7) is 3.62. The van der Waals surface area contributed by atoms with Gasteiger partial charge in [-0.2, -0.15) is 0 Å². The van der Waals surface area contributed by atoms with Crippen LogP contribution in [0.5, 0.6) is 0 Å². The fraction of sp³-hybridized carbons (Fsp3) is 0.889. The molecule has 0 saturated heterocycles. The third-order valence-corrected chi connectivity index (χ3v) is 4.12. The Balaban J connectivity index is 5.01. The van der Waals surface area contributed by atoms with E-state index in [4.69, 9.17) is 15.7 Å². The molecule has 0 radical (unpaired) electrons. The molecule has 0 heterocycles. The van der Waals surface area contributed by atoms with Crippen LogP contribution in [0.25, 0.3) is 0 Å². The molecule has 0 rings (SSSR count). The molecular formula is C9H21N3O4S. The minimum atomic E-state index is -3.53. The molecule has 0 aliphatic carbocycles. The summed E-state index contributed by atoms with van der Waals surface area (Å²) in [6.07, 6.45) is 0.789. The van der Waals surface area contributed by atoms with Crippen LogP contribution in [-0.4, -0.2) is 44.5 Å². The lowest BCUT2D eigenvalue weighted by Crippen LogP contribution is -2.57. The molecule has 0 saturated carbocycles. The van der Waals surface area contributed by atoms with Crippen molar-refractivity contribution in [3.8, 4) is 0 Å². The number of amidine groups is 1. The van der Waals surface area contributed by atoms with Crippen molar-refractivity contribution in [2.75, 3.05) is 19.5 Å². The molecule has 0 bridgehead atoms. The number of oxime groups is 1. The zero-order valence-electron chi connectivity index (χ0n) is 10.4. The Labute approximate surface area is 102 Å². The average molecular weight is 267 g/mol. The van der Waals surface area contributed by atoms with Crippen molar-refractivity contribution in [1.29, 1.82) is 0 Å². The smallest absolute Gasteiger partial charge is 0.214 e. The highest BCUT2D eigenvalue weighted by Crippen LogP contribution is 2.17. The van der Waals surface area contributed by atoms with Gasteiger partial charge in [-0.15, -0.1) is 0 Å². The van der Waals surface area contributed by atoms with Crippen LogP contribution in [0, 0.1) is 0 Å². The molecule has 17 heavy (non-hydrogen) atoms. The Hall–Kier alpha value is -0.860. The number of hydrogen-bond donors (Lipinski definition) is 3. The third kappa shape index (κ3) is 4.49. The summed E-state index contributed by atoms with van der Waals surface area (Å²) in [6, 6.07) is 0. The monoisotopic (exact) mass is 267 g/mol. The molecule has 7 nitrogen and oxygen atoms in total. The maximum absolute atomic E-state index is 11.8. The van der Waals surface area contributed by atoms with Gasteiger partial charge in [0.25, 0.3) is 0 Å². The summed E-state index contributed by atoms with van der Waals surface area (Å²) in [5.74, 6) is -0.298. The Morgan fingerprint density at radius 3 is 2.35 bits per heavy atom. The van der Waals surface area contributed by atoms with Gasteiger partial charge in [-0.05, 0) is 12.8 Å². The first-order valence-electron chi connectivity index (χ1n) is 5.36. The molecule has 0 spiro atoms. The van der Waals surface area contributed by atoms with Crippen molar-refractivity contribution in [3.05, 3.63) is 0 Å². The zero-order valence-corrected chi connectivity index (χ0v) is 11.2. The van der Waals surface area contributed by atoms with E-state index in [0.29, 0.717) is 12.8 Å². The predicted octanol–water partition coefficient (Wildman–Crippen LogP) is -0.143. The van der Waals surface area contributed by atoms with Crippen molar-refractivity contribution in [1.82, 2.24) is 4.72 Å². The molecule has 0 unspecified atom stereocenters. The van der Waals surface area contributed by atoms with Crippen LogP contribution >= 0.6 is 0 Å². The number of rotatable bonds is 8. The predicted molar refractivity (Wildman–Crippen MR) is 65.5 cm³/mol. The Bertz CT molecular complexity index is 349. The summed E-state index contributed by atoms with van der Waals surface area (Å²) in [5, 5.41) is 11.6. The summed E-state index contributed by atoms with van der Waals surface area (Å²) in [5.41, 5.74) is 4.51. The number of nitrogens with zero attached hydrogens (tertiary/aromatic N) is 1. The normalized spacial score (nSPS) is 13.9. The molecule has 102 valence electrons. The van der Waals surface area contributed by atoms with E-state index in [1.165, 1.54) is 7.11 Å². The number of nitrogens with two attached hydrogens (primary N) is 1. The van der Waals surface area contributed by atoms with Gasteiger partial charge in [0.1, 0.15) is 0 Å². The van der Waals surface area contributed by atoms with E-state index in [0.717, 1.165) is 0 Å². The molecule has 0 aliphatic rings. The number of sulfonamides is 1. The van der Waals surface area contributed by atoms with Gasteiger partial charge in [0.15, 0.2) is 5.84 Å². The van der Waals surface area contributed by atoms with Gasteiger partial charge in [0.2, 0.25) is 10.0 Å². The van der Waals surface area contributed by atoms with Gasteiger partial charge in [-0.1, -0.05) is 19.0 Å². The molecule has 0 aromatic rings. The highest BCUT2D eigenvalue weighted by molar-refractivity contribution is 7.89. The van der Waals surface area contributed by atoms with Crippen molar-refractivity contribution in [2.24, 2.45) is 10.9 Å². The third-order valence-electron chi connectivity index (χ3n) is 2.71. The van der Waals surface area contributed by atoms with Crippen molar-refractivity contribution >= 4 is 15.9 Å². The second-order valence-corrected chi connectivity index (χ2v) is 5.53. The second kappa shape index (κ2) is 6.77. The van der Waals surface area contributed by atoms with Crippen LogP contribution in [0.15, 0.2) is 5.16 Å². The fourth-order valence-electron chi connectivity index (χ4n) is 1.45. The van der Waals surface area contributed by atoms with Crippen molar-refractivity contribution in [2.45, 2.75) is 32.2 Å². The van der Waals surface area contributed by atoms with Gasteiger partial charge in [0, 0.05) is 7.11 Å². The number of hydrogen-bond acceptors (Lipinski definition) is 5. The minimum Gasteiger partial charge on any atom is -0.409 e. The van der Waals surface area contributed by atoms with Crippen LogP contribution in [0.4, 0.5) is 0 Å². The van der Waals surface area contributed by atoms with Crippen LogP contribution < -0.4 is 10.5 Å². The first-order chi connectivity index (χ1) is 7.87. The summed E-state index contributed by atoms with van der Waals surface area (Å²) in [4.78, 5) is 0. The largest absolute Gasteiger partial charge is 0.409 e. The molecular weight excluding hydrogens is 246 g/mol. The lowest BCUT2D eigenvalue weighted by Gasteiger charge is -2.30. The van der Waals surface area contributed by atoms with Crippen LogP contribution in [0.1, 0.15) is 26.7 Å². The minimum absolute atomic E-state index is 0.0923. The van der Waals surface area contributed by atoms with E-state index < -0.39 is 15.6 Å². The number of ether oxygens (including phenoxy) is 1. The molecule has 0 atom stereocenters. The quantitative estimate of drug-likeness (QED) is 0.245. The number of methoxy groups -OCH3 is 1. The molecule has 0 fully saturated rings. The van der Waals surface area contributed by atoms with Gasteiger partial charge in [0.05, 0.1) is 17.9 Å². The van der Waals surface area contributed by atoms with E-state index >= 15 is 0 Å². The Morgan fingerprint density at radius 1 is 1.47 bits per heavy atom. The lowest BCUT2D eigenvalue weighted by atomic mass is 9.93. The second-order valence-electron chi connectivity index (χ2n) is 3.69. The van der Waals surface area contributed by atoms with Crippen LogP contribution in [0.3, 0.4) is 0 Å². The number of nitrogens with one attached hydrogen (secondary N) is 1. The highest BCUT2D eigenvalue weighted by Gasteiger charge is 2.35. The van der Waals surface area contributed by atoms with E-state index in [1.54, 1.807) is 13.8 Å². The van der Waals surface area contributed by atoms with Crippen LogP contribution in [0.2, 0.25) is 0 Å². The highest BCUT2D eigenvalue weighted by atomic mass is 32.2. The molecule has 0 aliphatic heterocycles. The fourth-order valence-corrected chi connectivity index (χ4v) is 2.92. The van der Waals surface area contributed by atoms with E-state index in [9.17, 15) is 8.42 Å². The average Bonchev–Trinajstić information content (AvgIpc) is 2.32. The first-order valence-corrected chi connectivity index (χ1v) is 7.01. The summed E-state index contributed by atoms with van der Waals surface area (Å²) < 4.78 is 30.7. The molecule has 8 heteroatoms. The maximum Gasteiger partial charge on any atom is 0.214 e. The van der Waals surface area contributed by atoms with Crippen LogP contribution in [-0.2, 0) is 14.8 Å². The molecule has 0 amide bonds. The van der Waals surface area contributed by atoms with Gasteiger partial charge in [-0.3, -0.25) is 0 Å². The summed E-state index contributed by atoms with van der Waals surface area (Å²) in [7, 11) is -2.11. The standard InChI is InChI=1S/C9H21N3O4S/c1-4-9(5-2,8(10)11-13)12-17(14,15)7-6-16-3/h12-13H,4-7H2,1-3H3,(H2,10,11). The van der Waals surface area contributed by atoms with Gasteiger partial charge < -0.3 is 15.7 Å². The van der Waals surface area contributed by atoms with Crippen molar-refractivity contribution in [3.63, 3.8) is 0 Å². The molecule has 0 aromatic heterocycles. The SMILES string of the molecule is CCC(CC)(NS(=O)(=O)CCOC)C(N)=NO. The molecule has 4 N–H and O–H groups in total. The van der Waals surface area contributed by atoms with E-state index in [1.807, 2.05) is 0 Å².